The van der Waals surface area contributed by atoms with E-state index in [0.717, 1.165) is 0 Å². The molecule has 8 nitrogen and oxygen atoms in total. The van der Waals surface area contributed by atoms with Gasteiger partial charge in [-0.05, 0) is 76.2 Å². The van der Waals surface area contributed by atoms with Gasteiger partial charge < -0.3 is 14.8 Å². The third kappa shape index (κ3) is 7.38. The minimum absolute atomic E-state index is 0.0749. The first kappa shape index (κ1) is 22.6. The maximum Gasteiger partial charge on any atom is 0.412 e. The standard InChI is InChI=1S/C22H24N2O6/c1-14(25)15-5-9-17(10-6-15)23-19(26)13-29-20(27)16-7-11-18(12-8-16)24-21(28)30-22(2,3)4/h5-12H,13H2,1-4H3,(H,23,26)(H,24,28). The molecule has 0 atom stereocenters. The minimum atomic E-state index is -0.680. The van der Waals surface area contributed by atoms with Crippen molar-refractivity contribution < 1.29 is 28.7 Å². The van der Waals surface area contributed by atoms with Crippen LogP contribution in [0.2, 0.25) is 0 Å². The number of benzene rings is 2. The highest BCUT2D eigenvalue weighted by molar-refractivity contribution is 5.97. The Morgan fingerprint density at radius 3 is 1.80 bits per heavy atom. The topological polar surface area (TPSA) is 111 Å². The van der Waals surface area contributed by atoms with Gasteiger partial charge in [-0.1, -0.05) is 0 Å². The molecule has 2 rings (SSSR count). The van der Waals surface area contributed by atoms with Crippen LogP contribution in [0.25, 0.3) is 0 Å². The molecular formula is C22H24N2O6. The van der Waals surface area contributed by atoms with E-state index in [1.54, 1.807) is 45.0 Å². The van der Waals surface area contributed by atoms with E-state index >= 15 is 0 Å². The smallest absolute Gasteiger partial charge is 0.412 e. The van der Waals surface area contributed by atoms with Crippen LogP contribution in [0, 0.1) is 0 Å². The Bertz CT molecular complexity index is 928. The normalized spacial score (nSPS) is 10.7. The molecule has 0 aliphatic carbocycles. The Morgan fingerprint density at radius 2 is 1.30 bits per heavy atom. The first-order chi connectivity index (χ1) is 14.0. The van der Waals surface area contributed by atoms with Crippen LogP contribution in [0.15, 0.2) is 48.5 Å². The molecule has 0 aliphatic heterocycles. The third-order valence-electron chi connectivity index (χ3n) is 3.68. The molecule has 0 aromatic heterocycles. The molecule has 0 fully saturated rings. The first-order valence-electron chi connectivity index (χ1n) is 9.21. The molecular weight excluding hydrogens is 388 g/mol. The maximum absolute atomic E-state index is 12.1. The summed E-state index contributed by atoms with van der Waals surface area (Å²) in [5.41, 5.74) is 1.07. The number of anilines is 2. The molecule has 2 aromatic carbocycles. The fraction of sp³-hybridized carbons (Fsp3) is 0.273. The Hall–Kier alpha value is -3.68. The predicted octanol–water partition coefficient (Wildman–Crippen LogP) is 4.03. The lowest BCUT2D eigenvalue weighted by molar-refractivity contribution is -0.119. The Balaban J connectivity index is 1.83. The average molecular weight is 412 g/mol. The van der Waals surface area contributed by atoms with E-state index in [1.807, 2.05) is 0 Å². The van der Waals surface area contributed by atoms with Crippen molar-refractivity contribution in [3.8, 4) is 0 Å². The monoisotopic (exact) mass is 412 g/mol. The lowest BCUT2D eigenvalue weighted by Gasteiger charge is -2.19. The van der Waals surface area contributed by atoms with Crippen molar-refractivity contribution in [3.63, 3.8) is 0 Å². The Kier molecular flexibility index (Phi) is 7.30. The number of carbonyl (C=O) groups excluding carboxylic acids is 4. The van der Waals surface area contributed by atoms with Gasteiger partial charge in [-0.2, -0.15) is 0 Å². The molecule has 2 N–H and O–H groups in total. The van der Waals surface area contributed by atoms with E-state index in [2.05, 4.69) is 10.6 Å². The van der Waals surface area contributed by atoms with E-state index in [9.17, 15) is 19.2 Å². The second kappa shape index (κ2) is 9.69. The SMILES string of the molecule is CC(=O)c1ccc(NC(=O)COC(=O)c2ccc(NC(=O)OC(C)(C)C)cc2)cc1. The summed E-state index contributed by atoms with van der Waals surface area (Å²) in [5.74, 6) is -1.27. The molecule has 8 heteroatoms. The quantitative estimate of drug-likeness (QED) is 0.547. The highest BCUT2D eigenvalue weighted by Gasteiger charge is 2.16. The molecule has 0 spiro atoms. The zero-order chi connectivity index (χ0) is 22.3. The number of nitrogens with one attached hydrogen (secondary N) is 2. The van der Waals surface area contributed by atoms with Crippen LogP contribution in [0.5, 0.6) is 0 Å². The summed E-state index contributed by atoms with van der Waals surface area (Å²) in [4.78, 5) is 47.0. The van der Waals surface area contributed by atoms with Gasteiger partial charge >= 0.3 is 12.1 Å². The lowest BCUT2D eigenvalue weighted by atomic mass is 10.1. The summed E-state index contributed by atoms with van der Waals surface area (Å²) in [6, 6.07) is 12.3. The van der Waals surface area contributed by atoms with Gasteiger partial charge in [-0.3, -0.25) is 14.9 Å². The number of ketones is 1. The van der Waals surface area contributed by atoms with E-state index < -0.39 is 30.2 Å². The lowest BCUT2D eigenvalue weighted by Crippen LogP contribution is -2.27. The van der Waals surface area contributed by atoms with E-state index in [0.29, 0.717) is 16.9 Å². The molecule has 0 bridgehead atoms. The van der Waals surface area contributed by atoms with Gasteiger partial charge in [0.15, 0.2) is 12.4 Å². The fourth-order valence-electron chi connectivity index (χ4n) is 2.31. The average Bonchev–Trinajstić information content (AvgIpc) is 2.65. The molecule has 0 aliphatic rings. The number of hydrogen-bond donors (Lipinski definition) is 2. The minimum Gasteiger partial charge on any atom is -0.452 e. The number of amides is 2. The molecule has 30 heavy (non-hydrogen) atoms. The van der Waals surface area contributed by atoms with Crippen molar-refractivity contribution in [1.29, 1.82) is 0 Å². The van der Waals surface area contributed by atoms with Crippen LogP contribution in [0.4, 0.5) is 16.2 Å². The highest BCUT2D eigenvalue weighted by Crippen LogP contribution is 2.14. The van der Waals surface area contributed by atoms with E-state index in [-0.39, 0.29) is 11.3 Å². The van der Waals surface area contributed by atoms with Crippen LogP contribution >= 0.6 is 0 Å². The van der Waals surface area contributed by atoms with Crippen molar-refractivity contribution in [2.24, 2.45) is 0 Å². The molecule has 0 unspecified atom stereocenters. The summed E-state index contributed by atoms with van der Waals surface area (Å²) >= 11 is 0. The zero-order valence-corrected chi connectivity index (χ0v) is 17.3. The van der Waals surface area contributed by atoms with Gasteiger partial charge in [-0.25, -0.2) is 9.59 Å². The number of ether oxygens (including phenoxy) is 2. The van der Waals surface area contributed by atoms with Crippen LogP contribution in [-0.4, -0.2) is 36.0 Å². The summed E-state index contributed by atoms with van der Waals surface area (Å²) in [7, 11) is 0. The summed E-state index contributed by atoms with van der Waals surface area (Å²) in [6.45, 7) is 6.24. The fourth-order valence-corrected chi connectivity index (χ4v) is 2.31. The van der Waals surface area contributed by atoms with Gasteiger partial charge in [0.1, 0.15) is 5.60 Å². The van der Waals surface area contributed by atoms with Gasteiger partial charge in [0.05, 0.1) is 5.56 Å². The first-order valence-corrected chi connectivity index (χ1v) is 9.21. The van der Waals surface area contributed by atoms with Crippen molar-refractivity contribution in [1.82, 2.24) is 0 Å². The summed E-state index contributed by atoms with van der Waals surface area (Å²) in [6.07, 6.45) is -0.606. The number of hydrogen-bond acceptors (Lipinski definition) is 6. The molecule has 0 radical (unpaired) electrons. The second-order valence-electron chi connectivity index (χ2n) is 7.46. The van der Waals surface area contributed by atoms with Crippen LogP contribution in [0.1, 0.15) is 48.4 Å². The molecule has 2 amide bonds. The molecule has 0 saturated carbocycles. The van der Waals surface area contributed by atoms with Gasteiger partial charge in [-0.15, -0.1) is 0 Å². The molecule has 158 valence electrons. The Labute approximate surface area is 174 Å². The molecule has 0 saturated heterocycles. The van der Waals surface area contributed by atoms with Crippen molar-refractivity contribution >= 4 is 35.1 Å². The van der Waals surface area contributed by atoms with Gasteiger partial charge in [0.25, 0.3) is 5.91 Å². The predicted molar refractivity (Wildman–Crippen MR) is 112 cm³/mol. The number of carbonyl (C=O) groups is 4. The molecule has 0 heterocycles. The Morgan fingerprint density at radius 1 is 0.800 bits per heavy atom. The number of esters is 1. The van der Waals surface area contributed by atoms with Crippen molar-refractivity contribution in [2.45, 2.75) is 33.3 Å². The zero-order valence-electron chi connectivity index (χ0n) is 17.3. The van der Waals surface area contributed by atoms with E-state index in [4.69, 9.17) is 9.47 Å². The van der Waals surface area contributed by atoms with Gasteiger partial charge in [0.2, 0.25) is 0 Å². The number of rotatable bonds is 6. The van der Waals surface area contributed by atoms with Crippen LogP contribution < -0.4 is 10.6 Å². The largest absolute Gasteiger partial charge is 0.452 e. The third-order valence-corrected chi connectivity index (χ3v) is 3.68. The number of Topliss-reactive ketones (excluding diaryl/α,β-unsaturated/α-hetero) is 1. The summed E-state index contributed by atoms with van der Waals surface area (Å²) in [5, 5.41) is 5.13. The molecule has 2 aromatic rings. The van der Waals surface area contributed by atoms with Crippen LogP contribution in [-0.2, 0) is 14.3 Å². The second-order valence-corrected chi connectivity index (χ2v) is 7.46. The van der Waals surface area contributed by atoms with E-state index in [1.165, 1.54) is 31.2 Å². The van der Waals surface area contributed by atoms with Crippen molar-refractivity contribution in [2.75, 3.05) is 17.2 Å². The highest BCUT2D eigenvalue weighted by atomic mass is 16.6. The van der Waals surface area contributed by atoms with Crippen molar-refractivity contribution in [3.05, 3.63) is 59.7 Å². The summed E-state index contributed by atoms with van der Waals surface area (Å²) < 4.78 is 10.1. The van der Waals surface area contributed by atoms with Crippen LogP contribution in [0.3, 0.4) is 0 Å². The van der Waals surface area contributed by atoms with Gasteiger partial charge in [0, 0.05) is 16.9 Å². The maximum atomic E-state index is 12.1.